The molecule has 0 aliphatic carbocycles. The first-order valence-corrected chi connectivity index (χ1v) is 8.54. The van der Waals surface area contributed by atoms with Crippen molar-refractivity contribution in [2.24, 2.45) is 0 Å². The second-order valence-corrected chi connectivity index (χ2v) is 6.19. The first kappa shape index (κ1) is 18.5. The van der Waals surface area contributed by atoms with Gasteiger partial charge in [0.15, 0.2) is 0 Å². The average molecular weight is 397 g/mol. The number of hydrogen-bond donors (Lipinski definition) is 3. The average Bonchev–Trinajstić information content (AvgIpc) is 3.10. The van der Waals surface area contributed by atoms with Gasteiger partial charge in [-0.15, -0.1) is 0 Å². The van der Waals surface area contributed by atoms with Crippen LogP contribution < -0.4 is 10.6 Å². The summed E-state index contributed by atoms with van der Waals surface area (Å²) in [5, 5.41) is 5.86. The molecule has 0 aliphatic heterocycles. The first-order valence-electron chi connectivity index (χ1n) is 8.54. The summed E-state index contributed by atoms with van der Waals surface area (Å²) in [6, 6.07) is 11.0. The van der Waals surface area contributed by atoms with E-state index in [0.29, 0.717) is 16.7 Å². The Kier molecular flexibility index (Phi) is 4.63. The molecule has 0 atom stereocenters. The lowest BCUT2D eigenvalue weighted by molar-refractivity contribution is -0.137. The smallest absolute Gasteiger partial charge is 0.344 e. The standard InChI is InChI=1S/C20H14F3N5O/c21-20(22,23)13-3-5-14(6-4-13)26-19(29)28-17-11-25-18-15(17)7-8-16(27-18)12-2-1-9-24-10-12/h1-11H,(H,25,27)(H2,26,28,29). The maximum atomic E-state index is 12.6. The van der Waals surface area contributed by atoms with Gasteiger partial charge in [-0.3, -0.25) is 4.98 Å². The summed E-state index contributed by atoms with van der Waals surface area (Å²) >= 11 is 0. The van der Waals surface area contributed by atoms with Crippen LogP contribution in [0, 0.1) is 0 Å². The van der Waals surface area contributed by atoms with Gasteiger partial charge in [-0.25, -0.2) is 9.78 Å². The second kappa shape index (κ2) is 7.27. The number of rotatable bonds is 3. The largest absolute Gasteiger partial charge is 0.416 e. The van der Waals surface area contributed by atoms with Crippen molar-refractivity contribution in [1.29, 1.82) is 0 Å². The van der Waals surface area contributed by atoms with Gasteiger partial charge in [0.25, 0.3) is 0 Å². The number of nitrogens with zero attached hydrogens (tertiary/aromatic N) is 2. The van der Waals surface area contributed by atoms with Crippen LogP contribution in [0.25, 0.3) is 22.3 Å². The number of carbonyl (C=O) groups is 1. The number of halogens is 3. The van der Waals surface area contributed by atoms with Crippen molar-refractivity contribution in [3.63, 3.8) is 0 Å². The van der Waals surface area contributed by atoms with E-state index in [-0.39, 0.29) is 5.69 Å². The third kappa shape index (κ3) is 4.03. The fraction of sp³-hybridized carbons (Fsp3) is 0.0500. The first-order chi connectivity index (χ1) is 13.9. The number of hydrogen-bond acceptors (Lipinski definition) is 3. The monoisotopic (exact) mass is 397 g/mol. The molecule has 0 aliphatic rings. The molecule has 3 heterocycles. The number of aromatic amines is 1. The molecule has 9 heteroatoms. The van der Waals surface area contributed by atoms with E-state index in [2.05, 4.69) is 25.6 Å². The number of aromatic nitrogens is 3. The van der Waals surface area contributed by atoms with Gasteiger partial charge in [-0.05, 0) is 48.5 Å². The number of benzene rings is 1. The Labute approximate surface area is 162 Å². The van der Waals surface area contributed by atoms with Gasteiger partial charge >= 0.3 is 12.2 Å². The number of amides is 2. The van der Waals surface area contributed by atoms with Crippen molar-refractivity contribution in [2.45, 2.75) is 6.18 Å². The molecule has 4 rings (SSSR count). The van der Waals surface area contributed by atoms with Crippen LogP contribution in [0.1, 0.15) is 5.56 Å². The van der Waals surface area contributed by atoms with Gasteiger partial charge in [0.1, 0.15) is 5.65 Å². The zero-order chi connectivity index (χ0) is 20.4. The summed E-state index contributed by atoms with van der Waals surface area (Å²) in [5.41, 5.74) is 2.13. The predicted octanol–water partition coefficient (Wildman–Crippen LogP) is 5.29. The van der Waals surface area contributed by atoms with Crippen molar-refractivity contribution >= 4 is 28.4 Å². The SMILES string of the molecule is O=C(Nc1ccc(C(F)(F)F)cc1)Nc1c[nH]c2nc(-c3cccnc3)ccc12. The van der Waals surface area contributed by atoms with Crippen molar-refractivity contribution in [1.82, 2.24) is 15.0 Å². The quantitative estimate of drug-likeness (QED) is 0.439. The molecule has 0 saturated heterocycles. The molecule has 0 unspecified atom stereocenters. The van der Waals surface area contributed by atoms with Crippen molar-refractivity contribution in [3.8, 4) is 11.3 Å². The molecule has 2 amide bonds. The number of alkyl halides is 3. The lowest BCUT2D eigenvalue weighted by Crippen LogP contribution is -2.19. The normalized spacial score (nSPS) is 11.4. The van der Waals surface area contributed by atoms with Crippen molar-refractivity contribution in [2.75, 3.05) is 10.6 Å². The molecule has 0 saturated carbocycles. The van der Waals surface area contributed by atoms with Crippen LogP contribution in [-0.4, -0.2) is 21.0 Å². The van der Waals surface area contributed by atoms with Crippen LogP contribution in [0.2, 0.25) is 0 Å². The predicted molar refractivity (Wildman–Crippen MR) is 103 cm³/mol. The minimum Gasteiger partial charge on any atom is -0.344 e. The molecule has 0 fully saturated rings. The number of pyridine rings is 2. The summed E-state index contributed by atoms with van der Waals surface area (Å²) in [6.07, 6.45) is 0.547. The highest BCUT2D eigenvalue weighted by atomic mass is 19.4. The molecule has 0 bridgehead atoms. The summed E-state index contributed by atoms with van der Waals surface area (Å²) < 4.78 is 37.8. The molecule has 6 nitrogen and oxygen atoms in total. The highest BCUT2D eigenvalue weighted by Gasteiger charge is 2.30. The molecule has 29 heavy (non-hydrogen) atoms. The van der Waals surface area contributed by atoms with Crippen LogP contribution in [0.15, 0.2) is 67.1 Å². The van der Waals surface area contributed by atoms with E-state index in [1.165, 1.54) is 12.1 Å². The van der Waals surface area contributed by atoms with E-state index < -0.39 is 17.8 Å². The Balaban J connectivity index is 1.48. The highest BCUT2D eigenvalue weighted by molar-refractivity contribution is 6.05. The zero-order valence-corrected chi connectivity index (χ0v) is 14.8. The maximum absolute atomic E-state index is 12.6. The summed E-state index contributed by atoms with van der Waals surface area (Å²) in [5.74, 6) is 0. The van der Waals surface area contributed by atoms with Crippen LogP contribution in [0.3, 0.4) is 0 Å². The van der Waals surface area contributed by atoms with Crippen LogP contribution in [0.4, 0.5) is 29.3 Å². The minimum absolute atomic E-state index is 0.243. The molecular weight excluding hydrogens is 383 g/mol. The molecule has 3 N–H and O–H groups in total. The van der Waals surface area contributed by atoms with E-state index in [0.717, 1.165) is 23.4 Å². The van der Waals surface area contributed by atoms with Gasteiger partial charge in [0.05, 0.1) is 16.9 Å². The Morgan fingerprint density at radius 3 is 2.48 bits per heavy atom. The Hall–Kier alpha value is -3.88. The lowest BCUT2D eigenvalue weighted by atomic mass is 10.2. The highest BCUT2D eigenvalue weighted by Crippen LogP contribution is 2.30. The number of anilines is 2. The fourth-order valence-electron chi connectivity index (χ4n) is 2.81. The Morgan fingerprint density at radius 2 is 1.79 bits per heavy atom. The van der Waals surface area contributed by atoms with Crippen LogP contribution in [-0.2, 0) is 6.18 Å². The summed E-state index contributed by atoms with van der Waals surface area (Å²) in [7, 11) is 0. The number of carbonyl (C=O) groups excluding carboxylic acids is 1. The molecule has 0 spiro atoms. The maximum Gasteiger partial charge on any atom is 0.416 e. The van der Waals surface area contributed by atoms with Gasteiger partial charge in [0.2, 0.25) is 0 Å². The third-order valence-electron chi connectivity index (χ3n) is 4.21. The fourth-order valence-corrected chi connectivity index (χ4v) is 2.81. The Bertz CT molecular complexity index is 1150. The number of nitrogens with one attached hydrogen (secondary N) is 3. The molecule has 4 aromatic rings. The van der Waals surface area contributed by atoms with Crippen LogP contribution >= 0.6 is 0 Å². The van der Waals surface area contributed by atoms with E-state index in [9.17, 15) is 18.0 Å². The van der Waals surface area contributed by atoms with E-state index in [1.807, 2.05) is 24.3 Å². The topological polar surface area (TPSA) is 82.7 Å². The molecular formula is C20H14F3N5O. The molecule has 146 valence electrons. The number of H-pyrrole nitrogens is 1. The summed E-state index contributed by atoms with van der Waals surface area (Å²) in [6.45, 7) is 0. The van der Waals surface area contributed by atoms with Gasteiger partial charge in [-0.2, -0.15) is 13.2 Å². The van der Waals surface area contributed by atoms with E-state index >= 15 is 0 Å². The van der Waals surface area contributed by atoms with E-state index in [4.69, 9.17) is 0 Å². The molecule has 3 aromatic heterocycles. The van der Waals surface area contributed by atoms with Crippen molar-refractivity contribution in [3.05, 3.63) is 72.7 Å². The van der Waals surface area contributed by atoms with Gasteiger partial charge < -0.3 is 15.6 Å². The van der Waals surface area contributed by atoms with Gasteiger partial charge in [-0.1, -0.05) is 0 Å². The number of urea groups is 1. The molecule has 0 radical (unpaired) electrons. The van der Waals surface area contributed by atoms with Crippen LogP contribution in [0.5, 0.6) is 0 Å². The van der Waals surface area contributed by atoms with Crippen molar-refractivity contribution < 1.29 is 18.0 Å². The summed E-state index contributed by atoms with van der Waals surface area (Å²) in [4.78, 5) is 23.8. The number of fused-ring (bicyclic) bond motifs is 1. The molecule has 1 aromatic carbocycles. The van der Waals surface area contributed by atoms with E-state index in [1.54, 1.807) is 18.6 Å². The van der Waals surface area contributed by atoms with Gasteiger partial charge in [0, 0.05) is 35.2 Å². The minimum atomic E-state index is -4.42. The Morgan fingerprint density at radius 1 is 1.00 bits per heavy atom. The zero-order valence-electron chi connectivity index (χ0n) is 14.8. The lowest BCUT2D eigenvalue weighted by Gasteiger charge is -2.09. The third-order valence-corrected chi connectivity index (χ3v) is 4.21. The second-order valence-electron chi connectivity index (χ2n) is 6.19.